The molecule has 1 N–H and O–H groups in total. The van der Waals surface area contributed by atoms with Crippen molar-refractivity contribution in [1.29, 1.82) is 0 Å². The number of carbonyl (C=O) groups is 1. The fourth-order valence-electron chi connectivity index (χ4n) is 3.05. The molecule has 0 aliphatic rings. The largest absolute Gasteiger partial charge is 0.351 e. The lowest BCUT2D eigenvalue weighted by molar-refractivity contribution is 0.0913. The van der Waals surface area contributed by atoms with E-state index in [0.29, 0.717) is 12.1 Å². The highest BCUT2D eigenvalue weighted by Crippen LogP contribution is 2.20. The van der Waals surface area contributed by atoms with Crippen LogP contribution in [0.3, 0.4) is 0 Å². The zero-order valence-corrected chi connectivity index (χ0v) is 16.0. The number of carbonyl (C=O) groups excluding carboxylic acids is 1. The van der Waals surface area contributed by atoms with Crippen LogP contribution >= 0.6 is 0 Å². The molecule has 29 heavy (non-hydrogen) atoms. The minimum Gasteiger partial charge on any atom is -0.351 e. The molecule has 146 valence electrons. The topological polar surface area (TPSA) is 85.8 Å². The fraction of sp³-hybridized carbons (Fsp3) is 0.182. The summed E-state index contributed by atoms with van der Waals surface area (Å²) in [5, 5.41) is 15.4. The molecule has 0 spiro atoms. The first-order valence-corrected chi connectivity index (χ1v) is 9.44. The van der Waals surface area contributed by atoms with E-state index < -0.39 is 0 Å². The summed E-state index contributed by atoms with van der Waals surface area (Å²) in [6, 6.07) is 21.5. The van der Waals surface area contributed by atoms with Crippen LogP contribution in [0.5, 0.6) is 0 Å². The summed E-state index contributed by atoms with van der Waals surface area (Å²) in [7, 11) is 0. The molecule has 0 fully saturated rings. The van der Waals surface area contributed by atoms with E-state index in [1.807, 2.05) is 48.5 Å². The smallest absolute Gasteiger partial charge is 0.290 e. The Morgan fingerprint density at radius 1 is 1.07 bits per heavy atom. The molecule has 0 aliphatic heterocycles. The maximum absolute atomic E-state index is 12.4. The van der Waals surface area contributed by atoms with Crippen molar-refractivity contribution >= 4 is 5.91 Å². The summed E-state index contributed by atoms with van der Waals surface area (Å²) >= 11 is 0. The predicted molar refractivity (Wildman–Crippen MR) is 108 cm³/mol. The second kappa shape index (κ2) is 8.52. The van der Waals surface area contributed by atoms with Crippen molar-refractivity contribution in [3.05, 3.63) is 95.6 Å². The molecule has 2 aromatic carbocycles. The zero-order valence-electron chi connectivity index (χ0n) is 16.0. The average molecular weight is 387 g/mol. The Bertz CT molecular complexity index is 1070. The number of hydrogen-bond acceptors (Lipinski definition) is 5. The molecule has 2 aromatic heterocycles. The van der Waals surface area contributed by atoms with Crippen molar-refractivity contribution in [2.75, 3.05) is 0 Å². The van der Waals surface area contributed by atoms with Gasteiger partial charge in [-0.15, -0.1) is 0 Å². The molecule has 4 aromatic rings. The zero-order chi connectivity index (χ0) is 20.1. The lowest BCUT2D eigenvalue weighted by Gasteiger charge is -2.08. The molecule has 1 atom stereocenters. The Hall–Kier alpha value is -3.74. The Labute approximate surface area is 168 Å². The average Bonchev–Trinajstić information content (AvgIpc) is 3.43. The maximum atomic E-state index is 12.4. The van der Waals surface area contributed by atoms with Crippen molar-refractivity contribution < 1.29 is 9.32 Å². The van der Waals surface area contributed by atoms with E-state index in [1.165, 1.54) is 10.4 Å². The van der Waals surface area contributed by atoms with Crippen LogP contribution in [0.1, 0.15) is 40.3 Å². The number of para-hydroxylation sites is 1. The van der Waals surface area contributed by atoms with Crippen molar-refractivity contribution in [2.45, 2.75) is 25.8 Å². The molecule has 2 heterocycles. The van der Waals surface area contributed by atoms with E-state index in [1.54, 1.807) is 12.3 Å². The third kappa shape index (κ3) is 4.57. The maximum Gasteiger partial charge on any atom is 0.290 e. The van der Waals surface area contributed by atoms with Gasteiger partial charge in [-0.2, -0.15) is 15.0 Å². The second-order valence-electron chi connectivity index (χ2n) is 6.84. The molecular formula is C22H21N5O2. The molecule has 7 nitrogen and oxygen atoms in total. The van der Waals surface area contributed by atoms with Gasteiger partial charge in [-0.1, -0.05) is 60.6 Å². The number of rotatable bonds is 7. The molecule has 0 aliphatic carbocycles. The third-order valence-electron chi connectivity index (χ3n) is 4.62. The van der Waals surface area contributed by atoms with Gasteiger partial charge in [-0.25, -0.2) is 0 Å². The van der Waals surface area contributed by atoms with Crippen LogP contribution in [0.4, 0.5) is 0 Å². The van der Waals surface area contributed by atoms with Crippen molar-refractivity contribution in [1.82, 2.24) is 25.5 Å². The fourth-order valence-corrected chi connectivity index (χ4v) is 3.05. The third-order valence-corrected chi connectivity index (χ3v) is 4.62. The van der Waals surface area contributed by atoms with Crippen LogP contribution in [0, 0.1) is 0 Å². The van der Waals surface area contributed by atoms with Gasteiger partial charge in [0.1, 0.15) is 5.69 Å². The number of aromatic nitrogens is 4. The van der Waals surface area contributed by atoms with Crippen molar-refractivity contribution in [2.24, 2.45) is 0 Å². The summed E-state index contributed by atoms with van der Waals surface area (Å²) in [5.41, 5.74) is 3.49. The first-order chi connectivity index (χ1) is 14.2. The molecule has 4 rings (SSSR count). The minimum absolute atomic E-state index is 0.190. The Morgan fingerprint density at radius 2 is 1.79 bits per heavy atom. The van der Waals surface area contributed by atoms with Gasteiger partial charge in [0.25, 0.3) is 5.91 Å². The summed E-state index contributed by atoms with van der Waals surface area (Å²) in [4.78, 5) is 13.9. The summed E-state index contributed by atoms with van der Waals surface area (Å²) in [5.74, 6) is 0.145. The molecule has 7 heteroatoms. The van der Waals surface area contributed by atoms with Gasteiger partial charge in [-0.3, -0.25) is 4.79 Å². The van der Waals surface area contributed by atoms with Gasteiger partial charge in [-0.05, 0) is 30.0 Å². The highest BCUT2D eigenvalue weighted by molar-refractivity contribution is 5.91. The molecule has 1 amide bonds. The molecule has 0 saturated carbocycles. The monoisotopic (exact) mass is 387 g/mol. The number of hydrogen-bond donors (Lipinski definition) is 1. The summed E-state index contributed by atoms with van der Waals surface area (Å²) < 4.78 is 5.22. The van der Waals surface area contributed by atoms with Crippen molar-refractivity contribution in [3.63, 3.8) is 0 Å². The lowest BCUT2D eigenvalue weighted by Crippen LogP contribution is -2.22. The number of nitrogens with one attached hydrogen (secondary N) is 1. The first-order valence-electron chi connectivity index (χ1n) is 9.44. The Kier molecular flexibility index (Phi) is 5.47. The van der Waals surface area contributed by atoms with Gasteiger partial charge < -0.3 is 9.84 Å². The van der Waals surface area contributed by atoms with Crippen LogP contribution in [-0.2, 0) is 13.0 Å². The number of nitrogens with zero attached hydrogens (tertiary/aromatic N) is 4. The van der Waals surface area contributed by atoms with E-state index in [4.69, 9.17) is 4.52 Å². The molecule has 0 unspecified atom stereocenters. The van der Waals surface area contributed by atoms with Crippen LogP contribution in [-0.4, -0.2) is 26.1 Å². The summed E-state index contributed by atoms with van der Waals surface area (Å²) in [6.45, 7) is 2.38. The second-order valence-corrected chi connectivity index (χ2v) is 6.84. The van der Waals surface area contributed by atoms with Gasteiger partial charge in [0.05, 0.1) is 24.1 Å². The lowest BCUT2D eigenvalue weighted by atomic mass is 9.96. The van der Waals surface area contributed by atoms with Crippen LogP contribution in [0.25, 0.3) is 5.69 Å². The van der Waals surface area contributed by atoms with E-state index in [0.717, 1.165) is 11.4 Å². The number of benzene rings is 2. The summed E-state index contributed by atoms with van der Waals surface area (Å²) in [6.07, 6.45) is 2.33. The van der Waals surface area contributed by atoms with Crippen LogP contribution < -0.4 is 5.32 Å². The molecule has 0 radical (unpaired) electrons. The molecule has 0 saturated heterocycles. The van der Waals surface area contributed by atoms with Crippen molar-refractivity contribution in [3.8, 4) is 5.69 Å². The quantitative estimate of drug-likeness (QED) is 0.524. The molecular weight excluding hydrogens is 366 g/mol. The first kappa shape index (κ1) is 18.6. The highest BCUT2D eigenvalue weighted by atomic mass is 16.5. The van der Waals surface area contributed by atoms with Gasteiger partial charge in [0, 0.05) is 6.07 Å². The normalized spacial score (nSPS) is 11.9. The Balaban J connectivity index is 1.33. The van der Waals surface area contributed by atoms with Gasteiger partial charge in [0.15, 0.2) is 0 Å². The Morgan fingerprint density at radius 3 is 2.55 bits per heavy atom. The standard InChI is InChI=1S/C22H21N5O2/c1-16(17-8-4-2-5-9-17)12-18-13-21(29-26-18)22(28)23-14-19-15-24-27(25-19)20-10-6-3-7-11-20/h2-11,13,15-16H,12,14H2,1H3,(H,23,28)/t16-/m1/s1. The van der Waals surface area contributed by atoms with Crippen LogP contribution in [0.2, 0.25) is 0 Å². The van der Waals surface area contributed by atoms with E-state index in [9.17, 15) is 4.79 Å². The van der Waals surface area contributed by atoms with Gasteiger partial charge >= 0.3 is 0 Å². The minimum atomic E-state index is -0.328. The number of amides is 1. The van der Waals surface area contributed by atoms with E-state index in [-0.39, 0.29) is 24.1 Å². The molecule has 0 bridgehead atoms. The van der Waals surface area contributed by atoms with Gasteiger partial charge in [0.2, 0.25) is 5.76 Å². The SMILES string of the molecule is C[C@H](Cc1cc(C(=O)NCc2cnn(-c3ccccc3)n2)on1)c1ccccc1. The van der Waals surface area contributed by atoms with E-state index >= 15 is 0 Å². The van der Waals surface area contributed by atoms with Crippen LogP contribution in [0.15, 0.2) is 77.4 Å². The highest BCUT2D eigenvalue weighted by Gasteiger charge is 2.16. The predicted octanol–water partition coefficient (Wildman–Crippen LogP) is 3.53. The van der Waals surface area contributed by atoms with E-state index in [2.05, 4.69) is 39.7 Å².